The topological polar surface area (TPSA) is 60.5 Å². The van der Waals surface area contributed by atoms with E-state index in [0.29, 0.717) is 26.4 Å². The average Bonchev–Trinajstić information content (AvgIpc) is 3.55. The van der Waals surface area contributed by atoms with Gasteiger partial charge in [-0.1, -0.05) is 54.6 Å². The second-order valence-electron chi connectivity index (χ2n) is 7.87. The summed E-state index contributed by atoms with van der Waals surface area (Å²) in [5.41, 5.74) is 2.26. The van der Waals surface area contributed by atoms with Gasteiger partial charge >= 0.3 is 0 Å². The van der Waals surface area contributed by atoms with E-state index in [1.54, 1.807) is 7.11 Å². The molecule has 31 heavy (non-hydrogen) atoms. The van der Waals surface area contributed by atoms with Crippen molar-refractivity contribution in [2.24, 2.45) is 0 Å². The molecule has 0 spiro atoms. The zero-order chi connectivity index (χ0) is 21.7. The number of aliphatic hydroxyl groups excluding tert-OH is 1. The van der Waals surface area contributed by atoms with E-state index in [2.05, 4.69) is 12.2 Å². The summed E-state index contributed by atoms with van der Waals surface area (Å²) in [5, 5.41) is 10.0. The van der Waals surface area contributed by atoms with Crippen molar-refractivity contribution >= 4 is 0 Å². The summed E-state index contributed by atoms with van der Waals surface area (Å²) in [6, 6.07) is 17.9. The van der Waals surface area contributed by atoms with Gasteiger partial charge in [0.25, 0.3) is 0 Å². The van der Waals surface area contributed by atoms with Crippen molar-refractivity contribution in [2.45, 2.75) is 57.2 Å². The van der Waals surface area contributed by atoms with E-state index in [-0.39, 0.29) is 12.2 Å². The Morgan fingerprint density at radius 3 is 2.45 bits per heavy atom. The molecule has 0 saturated carbocycles. The van der Waals surface area contributed by atoms with Crippen LogP contribution in [0.5, 0.6) is 5.75 Å². The van der Waals surface area contributed by atoms with Crippen molar-refractivity contribution in [3.63, 3.8) is 0 Å². The van der Waals surface area contributed by atoms with Crippen LogP contribution in [-0.2, 0) is 27.4 Å². The zero-order valence-electron chi connectivity index (χ0n) is 18.3. The molecule has 2 aromatic rings. The van der Waals surface area contributed by atoms with Gasteiger partial charge in [0.05, 0.1) is 45.7 Å². The fraction of sp³-hybridized carbons (Fsp3) is 0.462. The van der Waals surface area contributed by atoms with Gasteiger partial charge in [-0.05, 0) is 48.9 Å². The first-order valence-electron chi connectivity index (χ1n) is 11.1. The fourth-order valence-corrected chi connectivity index (χ4v) is 3.34. The third-order valence-electron chi connectivity index (χ3n) is 5.26. The number of hydrogen-bond donors (Lipinski definition) is 1. The predicted molar refractivity (Wildman–Crippen MR) is 121 cm³/mol. The predicted octanol–water partition coefficient (Wildman–Crippen LogP) is 4.67. The highest BCUT2D eigenvalue weighted by Gasteiger charge is 2.37. The molecular weight excluding hydrogens is 392 g/mol. The van der Waals surface area contributed by atoms with Gasteiger partial charge in [-0.3, -0.25) is 0 Å². The molecule has 1 fully saturated rings. The van der Waals surface area contributed by atoms with Crippen LogP contribution in [0.15, 0.2) is 66.7 Å². The van der Waals surface area contributed by atoms with Crippen LogP contribution >= 0.6 is 0 Å². The minimum absolute atomic E-state index is 0.200. The second-order valence-corrected chi connectivity index (χ2v) is 7.87. The Kier molecular flexibility index (Phi) is 10.1. The van der Waals surface area contributed by atoms with Crippen LogP contribution < -0.4 is 4.74 Å². The third kappa shape index (κ3) is 9.23. The van der Waals surface area contributed by atoms with Crippen molar-refractivity contribution in [3.05, 3.63) is 77.9 Å². The van der Waals surface area contributed by atoms with Crippen LogP contribution in [0.25, 0.3) is 0 Å². The summed E-state index contributed by atoms with van der Waals surface area (Å²) in [7, 11) is 1.66. The largest absolute Gasteiger partial charge is 0.497 e. The quantitative estimate of drug-likeness (QED) is 0.255. The number of unbranched alkanes of at least 4 members (excludes halogenated alkanes) is 1. The first-order valence-corrected chi connectivity index (χ1v) is 11.1. The summed E-state index contributed by atoms with van der Waals surface area (Å²) in [5.74, 6) is 0.854. The molecule has 3 atom stereocenters. The first kappa shape index (κ1) is 23.5. The Morgan fingerprint density at radius 1 is 0.935 bits per heavy atom. The average molecular weight is 427 g/mol. The van der Waals surface area contributed by atoms with E-state index in [0.717, 1.165) is 42.6 Å². The molecule has 0 aromatic heterocycles. The van der Waals surface area contributed by atoms with Gasteiger partial charge < -0.3 is 24.1 Å². The SMILES string of the molecule is COc1ccc(COC[C@H]2O[C@H]2C/C=C/CCC[C@@H](O)COCc2ccccc2)cc1. The standard InChI is InChI=1S/C26H34O5/c1-28-24-15-13-22(14-16-24)18-30-20-26-25(31-26)12-8-3-2-7-11-23(27)19-29-17-21-9-5-4-6-10-21/h3-6,8-10,13-16,23,25-27H,2,7,11-12,17-20H2,1H3/b8-3+/t23-,25+,26-/m1/s1. The smallest absolute Gasteiger partial charge is 0.118 e. The lowest BCUT2D eigenvalue weighted by Gasteiger charge is -2.10. The number of methoxy groups -OCH3 is 1. The van der Waals surface area contributed by atoms with Crippen molar-refractivity contribution < 1.29 is 24.1 Å². The second kappa shape index (κ2) is 13.3. The Hall–Kier alpha value is -2.18. The maximum Gasteiger partial charge on any atom is 0.118 e. The number of hydrogen-bond acceptors (Lipinski definition) is 5. The normalized spacial score (nSPS) is 18.9. The fourth-order valence-electron chi connectivity index (χ4n) is 3.34. The van der Waals surface area contributed by atoms with Crippen molar-refractivity contribution in [1.82, 2.24) is 0 Å². The van der Waals surface area contributed by atoms with Crippen molar-refractivity contribution in [2.75, 3.05) is 20.3 Å². The van der Waals surface area contributed by atoms with Gasteiger partial charge in [-0.2, -0.15) is 0 Å². The minimum atomic E-state index is -0.406. The molecule has 0 bridgehead atoms. The Balaban J connectivity index is 1.15. The minimum Gasteiger partial charge on any atom is -0.497 e. The first-order chi connectivity index (χ1) is 15.2. The van der Waals surface area contributed by atoms with E-state index >= 15 is 0 Å². The van der Waals surface area contributed by atoms with Crippen LogP contribution in [-0.4, -0.2) is 43.7 Å². The molecule has 1 aliphatic heterocycles. The molecule has 5 nitrogen and oxygen atoms in total. The van der Waals surface area contributed by atoms with E-state index in [1.807, 2.05) is 54.6 Å². The number of aliphatic hydroxyl groups is 1. The van der Waals surface area contributed by atoms with E-state index in [9.17, 15) is 5.11 Å². The third-order valence-corrected chi connectivity index (χ3v) is 5.26. The molecule has 0 amide bonds. The molecule has 168 valence electrons. The van der Waals surface area contributed by atoms with Gasteiger partial charge in [0.2, 0.25) is 0 Å². The lowest BCUT2D eigenvalue weighted by molar-refractivity contribution is 0.0238. The van der Waals surface area contributed by atoms with Gasteiger partial charge in [0.15, 0.2) is 0 Å². The molecule has 3 rings (SSSR count). The molecule has 1 N–H and O–H groups in total. The highest BCUT2D eigenvalue weighted by atomic mass is 16.6. The van der Waals surface area contributed by atoms with E-state index in [4.69, 9.17) is 18.9 Å². The summed E-state index contributed by atoms with van der Waals surface area (Å²) in [6.45, 7) is 2.14. The summed E-state index contributed by atoms with van der Waals surface area (Å²) in [4.78, 5) is 0. The number of allylic oxidation sites excluding steroid dienone is 1. The molecule has 0 aliphatic carbocycles. The van der Waals surface area contributed by atoms with E-state index in [1.165, 1.54) is 0 Å². The van der Waals surface area contributed by atoms with Crippen LogP contribution in [0, 0.1) is 0 Å². The number of epoxide rings is 1. The van der Waals surface area contributed by atoms with Crippen LogP contribution in [0.4, 0.5) is 0 Å². The molecule has 1 saturated heterocycles. The molecule has 5 heteroatoms. The lowest BCUT2D eigenvalue weighted by Crippen LogP contribution is -2.14. The number of ether oxygens (including phenoxy) is 4. The maximum absolute atomic E-state index is 10.0. The zero-order valence-corrected chi connectivity index (χ0v) is 18.3. The van der Waals surface area contributed by atoms with E-state index < -0.39 is 6.10 Å². The molecule has 1 aliphatic rings. The van der Waals surface area contributed by atoms with Gasteiger partial charge in [-0.15, -0.1) is 0 Å². The highest BCUT2D eigenvalue weighted by molar-refractivity contribution is 5.26. The van der Waals surface area contributed by atoms with Crippen LogP contribution in [0.1, 0.15) is 36.8 Å². The Morgan fingerprint density at radius 2 is 1.68 bits per heavy atom. The molecular formula is C26H34O5. The van der Waals surface area contributed by atoms with Crippen LogP contribution in [0.3, 0.4) is 0 Å². The number of benzene rings is 2. The monoisotopic (exact) mass is 426 g/mol. The maximum atomic E-state index is 10.0. The van der Waals surface area contributed by atoms with Crippen molar-refractivity contribution in [1.29, 1.82) is 0 Å². The summed E-state index contributed by atoms with van der Waals surface area (Å²) >= 11 is 0. The summed E-state index contributed by atoms with van der Waals surface area (Å²) in [6.07, 6.45) is 7.99. The number of rotatable bonds is 15. The molecule has 0 radical (unpaired) electrons. The summed E-state index contributed by atoms with van der Waals surface area (Å²) < 4.78 is 22.1. The van der Waals surface area contributed by atoms with Gasteiger partial charge in [-0.25, -0.2) is 0 Å². The van der Waals surface area contributed by atoms with Gasteiger partial charge in [0, 0.05) is 0 Å². The molecule has 2 aromatic carbocycles. The van der Waals surface area contributed by atoms with Crippen molar-refractivity contribution in [3.8, 4) is 5.75 Å². The highest BCUT2D eigenvalue weighted by Crippen LogP contribution is 2.26. The molecule has 0 unspecified atom stereocenters. The van der Waals surface area contributed by atoms with Crippen LogP contribution in [0.2, 0.25) is 0 Å². The Bertz CT molecular complexity index is 759. The van der Waals surface area contributed by atoms with Gasteiger partial charge in [0.1, 0.15) is 11.9 Å². The lowest BCUT2D eigenvalue weighted by atomic mass is 10.1. The molecule has 1 heterocycles. The Labute approximate surface area is 185 Å².